The second kappa shape index (κ2) is 12.0. The van der Waals surface area contributed by atoms with Gasteiger partial charge >= 0.3 is 0 Å². The van der Waals surface area contributed by atoms with Crippen LogP contribution < -0.4 is 14.8 Å². The molecule has 2 aromatic rings. The quantitative estimate of drug-likeness (QED) is 0.485. The van der Waals surface area contributed by atoms with E-state index < -0.39 is 10.0 Å². The van der Waals surface area contributed by atoms with Crippen LogP contribution >= 0.6 is 0 Å². The van der Waals surface area contributed by atoms with Crippen molar-refractivity contribution in [1.29, 1.82) is 0 Å². The molecule has 188 valence electrons. The van der Waals surface area contributed by atoms with Crippen LogP contribution in [-0.4, -0.2) is 50.4 Å². The number of sulfonamides is 1. The highest BCUT2D eigenvalue weighted by atomic mass is 32.2. The first-order valence-corrected chi connectivity index (χ1v) is 13.4. The number of rotatable bonds is 10. The Morgan fingerprint density at radius 2 is 1.69 bits per heavy atom. The Kier molecular flexibility index (Phi) is 9.06. The van der Waals surface area contributed by atoms with Crippen molar-refractivity contribution >= 4 is 27.5 Å². The number of hydrogen-bond acceptors (Lipinski definition) is 5. The molecule has 35 heavy (non-hydrogen) atoms. The molecule has 1 heterocycles. The molecule has 8 nitrogen and oxygen atoms in total. The van der Waals surface area contributed by atoms with Crippen molar-refractivity contribution in [2.24, 2.45) is 0 Å². The summed E-state index contributed by atoms with van der Waals surface area (Å²) in [5.74, 6) is 0.0212. The summed E-state index contributed by atoms with van der Waals surface area (Å²) in [5, 5.41) is 2.79. The highest BCUT2D eigenvalue weighted by molar-refractivity contribution is 7.88. The van der Waals surface area contributed by atoms with Gasteiger partial charge in [0.15, 0.2) is 6.61 Å². The van der Waals surface area contributed by atoms with Crippen molar-refractivity contribution in [2.45, 2.75) is 50.9 Å². The van der Waals surface area contributed by atoms with Gasteiger partial charge in [-0.05, 0) is 75.1 Å². The van der Waals surface area contributed by atoms with Gasteiger partial charge in [-0.1, -0.05) is 18.2 Å². The maximum Gasteiger partial charge on any atom is 0.260 e. The monoisotopic (exact) mass is 499 g/mol. The van der Waals surface area contributed by atoms with E-state index in [1.54, 1.807) is 48.5 Å². The Labute approximate surface area is 207 Å². The van der Waals surface area contributed by atoms with E-state index in [0.717, 1.165) is 19.3 Å². The number of piperidine rings is 1. The maximum absolute atomic E-state index is 12.6. The van der Waals surface area contributed by atoms with Crippen LogP contribution in [-0.2, 0) is 20.6 Å². The molecule has 9 heteroatoms. The predicted molar refractivity (Wildman–Crippen MR) is 137 cm³/mol. The van der Waals surface area contributed by atoms with Crippen molar-refractivity contribution in [3.05, 3.63) is 72.3 Å². The topological polar surface area (TPSA) is 105 Å². The van der Waals surface area contributed by atoms with Gasteiger partial charge in [0, 0.05) is 29.9 Å². The molecule has 0 bridgehead atoms. The first kappa shape index (κ1) is 26.4. The lowest BCUT2D eigenvalue weighted by atomic mass is 9.97. The van der Waals surface area contributed by atoms with E-state index in [4.69, 9.17) is 4.74 Å². The Morgan fingerprint density at radius 1 is 1.06 bits per heavy atom. The zero-order valence-corrected chi connectivity index (χ0v) is 21.0. The van der Waals surface area contributed by atoms with Crippen molar-refractivity contribution in [3.63, 3.8) is 0 Å². The summed E-state index contributed by atoms with van der Waals surface area (Å²) in [6.07, 6.45) is 4.63. The summed E-state index contributed by atoms with van der Waals surface area (Å²) in [5.41, 5.74) is 1.58. The second-order valence-electron chi connectivity index (χ2n) is 8.79. The van der Waals surface area contributed by atoms with Gasteiger partial charge in [-0.3, -0.25) is 9.59 Å². The van der Waals surface area contributed by atoms with E-state index in [-0.39, 0.29) is 42.8 Å². The highest BCUT2D eigenvalue weighted by Crippen LogP contribution is 2.23. The molecule has 1 fully saturated rings. The minimum Gasteiger partial charge on any atom is -0.484 e. The Balaban J connectivity index is 1.51. The van der Waals surface area contributed by atoms with Gasteiger partial charge in [0.05, 0.1) is 5.75 Å². The zero-order chi connectivity index (χ0) is 25.4. The molecule has 1 aliphatic heterocycles. The van der Waals surface area contributed by atoms with E-state index in [2.05, 4.69) is 30.5 Å². The summed E-state index contributed by atoms with van der Waals surface area (Å²) >= 11 is 0. The predicted octanol–water partition coefficient (Wildman–Crippen LogP) is 3.71. The average molecular weight is 500 g/mol. The molecule has 2 aromatic carbocycles. The third-order valence-corrected chi connectivity index (χ3v) is 7.30. The summed E-state index contributed by atoms with van der Waals surface area (Å²) < 4.78 is 32.0. The molecule has 0 aliphatic carbocycles. The van der Waals surface area contributed by atoms with E-state index in [9.17, 15) is 18.0 Å². The number of benzene rings is 2. The van der Waals surface area contributed by atoms with E-state index in [1.807, 2.05) is 4.90 Å². The third kappa shape index (κ3) is 7.66. The number of nitrogens with zero attached hydrogens (tertiary/aromatic N) is 1. The fourth-order valence-corrected chi connectivity index (χ4v) is 5.28. The van der Waals surface area contributed by atoms with Gasteiger partial charge in [0.2, 0.25) is 10.0 Å². The Bertz CT molecular complexity index is 1120. The van der Waals surface area contributed by atoms with Crippen molar-refractivity contribution in [3.8, 4) is 5.75 Å². The number of likely N-dealkylation sites (tertiary alicyclic amines) is 1. The lowest BCUT2D eigenvalue weighted by Crippen LogP contribution is -2.49. The Hall–Kier alpha value is -3.17. The largest absolute Gasteiger partial charge is 0.484 e. The van der Waals surface area contributed by atoms with Crippen LogP contribution in [0, 0.1) is 0 Å². The standard InChI is InChI=1S/C26H33N3O5S/c1-4-16-27-35(32,33)18-21-8-12-23(13-9-21)28-26(31)22-10-14-24(15-11-22)34-17-25(30)29-19(2)6-5-7-20(29)3/h4,8-15,19-20,27H,1,5-7,16-18H2,2-3H3,(H,28,31). The molecular weight excluding hydrogens is 466 g/mol. The van der Waals surface area contributed by atoms with Crippen molar-refractivity contribution < 1.29 is 22.7 Å². The van der Waals surface area contributed by atoms with Gasteiger partial charge in [0.1, 0.15) is 5.75 Å². The lowest BCUT2D eigenvalue weighted by Gasteiger charge is -2.38. The SMILES string of the molecule is C=CCNS(=O)(=O)Cc1ccc(NC(=O)c2ccc(OCC(=O)N3C(C)CCCC3C)cc2)cc1. The summed E-state index contributed by atoms with van der Waals surface area (Å²) in [7, 11) is -3.45. The minimum absolute atomic E-state index is 0.0285. The second-order valence-corrected chi connectivity index (χ2v) is 10.6. The molecular formula is C26H33N3O5S. The molecule has 1 aliphatic rings. The lowest BCUT2D eigenvalue weighted by molar-refractivity contribution is -0.139. The van der Waals surface area contributed by atoms with Gasteiger partial charge < -0.3 is 15.0 Å². The molecule has 3 rings (SSSR count). The number of nitrogens with one attached hydrogen (secondary N) is 2. The fourth-order valence-electron chi connectivity index (χ4n) is 4.18. The van der Waals surface area contributed by atoms with Gasteiger partial charge in [0.25, 0.3) is 11.8 Å². The first-order chi connectivity index (χ1) is 16.7. The maximum atomic E-state index is 12.6. The van der Waals surface area contributed by atoms with Crippen LogP contribution in [0.15, 0.2) is 61.2 Å². The molecule has 1 saturated heterocycles. The van der Waals surface area contributed by atoms with Crippen LogP contribution in [0.2, 0.25) is 0 Å². The number of carbonyl (C=O) groups excluding carboxylic acids is 2. The molecule has 2 atom stereocenters. The van der Waals surface area contributed by atoms with Crippen LogP contribution in [0.4, 0.5) is 5.69 Å². The molecule has 0 spiro atoms. The van der Waals surface area contributed by atoms with Crippen LogP contribution in [0.1, 0.15) is 49.0 Å². The van der Waals surface area contributed by atoms with Crippen molar-refractivity contribution in [1.82, 2.24) is 9.62 Å². The number of anilines is 1. The molecule has 2 amide bonds. The molecule has 0 saturated carbocycles. The molecule has 0 radical (unpaired) electrons. The van der Waals surface area contributed by atoms with Crippen LogP contribution in [0.3, 0.4) is 0 Å². The van der Waals surface area contributed by atoms with E-state index >= 15 is 0 Å². The normalized spacial score (nSPS) is 18.1. The van der Waals surface area contributed by atoms with Crippen molar-refractivity contribution in [2.75, 3.05) is 18.5 Å². The van der Waals surface area contributed by atoms with E-state index in [1.165, 1.54) is 6.08 Å². The highest BCUT2D eigenvalue weighted by Gasteiger charge is 2.29. The smallest absolute Gasteiger partial charge is 0.260 e. The minimum atomic E-state index is -3.45. The molecule has 0 aromatic heterocycles. The number of hydrogen-bond donors (Lipinski definition) is 2. The third-order valence-electron chi connectivity index (χ3n) is 5.98. The van der Waals surface area contributed by atoms with Gasteiger partial charge in [-0.25, -0.2) is 13.1 Å². The van der Waals surface area contributed by atoms with E-state index in [0.29, 0.717) is 22.6 Å². The fraction of sp³-hybridized carbons (Fsp3) is 0.385. The Morgan fingerprint density at radius 3 is 2.29 bits per heavy atom. The van der Waals surface area contributed by atoms with Gasteiger partial charge in [-0.2, -0.15) is 0 Å². The summed E-state index contributed by atoms with van der Waals surface area (Å²) in [6, 6.07) is 13.6. The summed E-state index contributed by atoms with van der Waals surface area (Å²) in [4.78, 5) is 27.1. The van der Waals surface area contributed by atoms with Crippen LogP contribution in [0.25, 0.3) is 0 Å². The summed E-state index contributed by atoms with van der Waals surface area (Å²) in [6.45, 7) is 7.76. The molecule has 2 unspecified atom stereocenters. The molecule has 2 N–H and O–H groups in total. The van der Waals surface area contributed by atoms with Crippen LogP contribution in [0.5, 0.6) is 5.75 Å². The number of ether oxygens (including phenoxy) is 1. The zero-order valence-electron chi connectivity index (χ0n) is 20.2. The number of carbonyl (C=O) groups is 2. The number of amides is 2. The average Bonchev–Trinajstić information content (AvgIpc) is 2.83. The van der Waals surface area contributed by atoms with Gasteiger partial charge in [-0.15, -0.1) is 6.58 Å². The first-order valence-electron chi connectivity index (χ1n) is 11.7.